The number of aliphatic hydroxyl groups is 1. The topological polar surface area (TPSA) is 20.2 Å². The van der Waals surface area contributed by atoms with Gasteiger partial charge in [0.1, 0.15) is 0 Å². The van der Waals surface area contributed by atoms with Crippen molar-refractivity contribution in [3.05, 3.63) is 12.3 Å². The number of hydrogen-bond donors (Lipinski definition) is 1. The highest BCUT2D eigenvalue weighted by atomic mass is 16.2. The zero-order chi connectivity index (χ0) is 6.62. The van der Waals surface area contributed by atoms with Crippen LogP contribution < -0.4 is 0 Å². The van der Waals surface area contributed by atoms with Gasteiger partial charge in [0.2, 0.25) is 0 Å². The van der Waals surface area contributed by atoms with Crippen molar-refractivity contribution in [3.8, 4) is 0 Å². The second kappa shape index (κ2) is 2.72. The molecular weight excluding hydrogens is 102 g/mol. The first-order valence-corrected chi connectivity index (χ1v) is 2.66. The van der Waals surface area contributed by atoms with E-state index in [9.17, 15) is 0 Å². The van der Waals surface area contributed by atoms with Crippen LogP contribution >= 0.6 is 0 Å². The van der Waals surface area contributed by atoms with E-state index in [4.69, 9.17) is 5.11 Å². The van der Waals surface area contributed by atoms with Crippen LogP contribution in [0.4, 0.5) is 0 Å². The average molecular weight is 116 g/mol. The molecule has 0 atom stereocenters. The summed E-state index contributed by atoms with van der Waals surface area (Å²) in [6, 6.07) is 0. The second-order valence-electron chi connectivity index (χ2n) is 2.86. The maximum Gasteiger partial charge on any atom is 0.1000 e. The van der Waals surface area contributed by atoms with Crippen molar-refractivity contribution in [2.45, 2.75) is 0 Å². The lowest BCUT2D eigenvalue weighted by Crippen LogP contribution is -2.34. The Morgan fingerprint density at radius 3 is 2.00 bits per heavy atom. The Morgan fingerprint density at radius 1 is 1.38 bits per heavy atom. The van der Waals surface area contributed by atoms with Gasteiger partial charge in [-0.05, 0) is 0 Å². The largest absolute Gasteiger partial charge is 0.516 e. The van der Waals surface area contributed by atoms with Gasteiger partial charge in [-0.1, -0.05) is 0 Å². The smallest absolute Gasteiger partial charge is 0.1000 e. The molecule has 0 aromatic rings. The van der Waals surface area contributed by atoms with Gasteiger partial charge in [0, 0.05) is 6.08 Å². The van der Waals surface area contributed by atoms with E-state index in [2.05, 4.69) is 21.1 Å². The molecule has 0 bridgehead atoms. The second-order valence-corrected chi connectivity index (χ2v) is 2.86. The molecular formula is C6H14NO+. The molecule has 8 heavy (non-hydrogen) atoms. The van der Waals surface area contributed by atoms with Crippen molar-refractivity contribution in [3.63, 3.8) is 0 Å². The SMILES string of the molecule is C[N+](C)(C)CC=CO. The standard InChI is InChI=1S/C6H13NO/c1-7(2,3)5-4-6-8/h4,6H,5H2,1-3H3/p+1. The summed E-state index contributed by atoms with van der Waals surface area (Å²) in [5, 5.41) is 8.24. The van der Waals surface area contributed by atoms with Crippen molar-refractivity contribution >= 4 is 0 Å². The highest BCUT2D eigenvalue weighted by Gasteiger charge is 2.00. The molecule has 0 saturated heterocycles. The Kier molecular flexibility index (Phi) is 2.55. The molecule has 0 aromatic heterocycles. The first-order valence-electron chi connectivity index (χ1n) is 2.66. The van der Waals surface area contributed by atoms with Crippen LogP contribution in [0.5, 0.6) is 0 Å². The maximum absolute atomic E-state index is 8.24. The third-order valence-electron chi connectivity index (χ3n) is 0.759. The van der Waals surface area contributed by atoms with Crippen LogP contribution in [-0.4, -0.2) is 37.3 Å². The summed E-state index contributed by atoms with van der Waals surface area (Å²) < 4.78 is 0.858. The van der Waals surface area contributed by atoms with Crippen molar-refractivity contribution < 1.29 is 9.59 Å². The average Bonchev–Trinajstić information content (AvgIpc) is 1.59. The van der Waals surface area contributed by atoms with Gasteiger partial charge in [-0.15, -0.1) is 0 Å². The quantitative estimate of drug-likeness (QED) is 0.417. The van der Waals surface area contributed by atoms with Gasteiger partial charge in [0.15, 0.2) is 0 Å². The highest BCUT2D eigenvalue weighted by molar-refractivity contribution is 4.69. The molecule has 2 nitrogen and oxygen atoms in total. The normalized spacial score (nSPS) is 12.9. The summed E-state index contributed by atoms with van der Waals surface area (Å²) in [4.78, 5) is 0. The molecule has 0 aliphatic rings. The zero-order valence-electron chi connectivity index (χ0n) is 5.76. The summed E-state index contributed by atoms with van der Waals surface area (Å²) >= 11 is 0. The molecule has 0 saturated carbocycles. The van der Waals surface area contributed by atoms with Gasteiger partial charge in [-0.2, -0.15) is 0 Å². The first-order chi connectivity index (χ1) is 3.56. The van der Waals surface area contributed by atoms with Crippen molar-refractivity contribution in [1.82, 2.24) is 0 Å². The number of likely N-dealkylation sites (N-methyl/N-ethyl adjacent to an activating group) is 1. The summed E-state index contributed by atoms with van der Waals surface area (Å²) in [5.74, 6) is 0. The van der Waals surface area contributed by atoms with Crippen LogP contribution in [-0.2, 0) is 0 Å². The van der Waals surface area contributed by atoms with Gasteiger partial charge in [0.25, 0.3) is 0 Å². The lowest BCUT2D eigenvalue weighted by molar-refractivity contribution is -0.864. The third-order valence-corrected chi connectivity index (χ3v) is 0.759. The number of nitrogens with zero attached hydrogens (tertiary/aromatic N) is 1. The van der Waals surface area contributed by atoms with E-state index in [1.54, 1.807) is 6.08 Å². The van der Waals surface area contributed by atoms with E-state index < -0.39 is 0 Å². The Balaban J connectivity index is 3.39. The monoisotopic (exact) mass is 116 g/mol. The summed E-state index contributed by atoms with van der Waals surface area (Å²) in [7, 11) is 6.21. The third kappa shape index (κ3) is 5.50. The van der Waals surface area contributed by atoms with Gasteiger partial charge < -0.3 is 9.59 Å². The van der Waals surface area contributed by atoms with Gasteiger partial charge in [0.05, 0.1) is 33.9 Å². The zero-order valence-corrected chi connectivity index (χ0v) is 5.76. The molecule has 2 heteroatoms. The van der Waals surface area contributed by atoms with E-state index in [0.29, 0.717) is 0 Å². The van der Waals surface area contributed by atoms with Crippen LogP contribution in [0.3, 0.4) is 0 Å². The number of aliphatic hydroxyl groups excluding tert-OH is 1. The lowest BCUT2D eigenvalue weighted by atomic mass is 10.5. The summed E-state index contributed by atoms with van der Waals surface area (Å²) in [6.07, 6.45) is 2.82. The first kappa shape index (κ1) is 7.50. The van der Waals surface area contributed by atoms with E-state index in [0.717, 1.165) is 17.3 Å². The van der Waals surface area contributed by atoms with Gasteiger partial charge in [-0.3, -0.25) is 0 Å². The molecule has 0 fully saturated rings. The number of rotatable bonds is 2. The molecule has 0 amide bonds. The summed E-state index contributed by atoms with van der Waals surface area (Å²) in [6.45, 7) is 0.872. The van der Waals surface area contributed by atoms with Crippen molar-refractivity contribution in [2.24, 2.45) is 0 Å². The fraction of sp³-hybridized carbons (Fsp3) is 0.667. The Bertz CT molecular complexity index is 81.0. The van der Waals surface area contributed by atoms with Crippen molar-refractivity contribution in [1.29, 1.82) is 0 Å². The summed E-state index contributed by atoms with van der Waals surface area (Å²) in [5.41, 5.74) is 0. The molecule has 0 spiro atoms. The Morgan fingerprint density at radius 2 is 1.88 bits per heavy atom. The minimum atomic E-state index is 0.858. The van der Waals surface area contributed by atoms with E-state index in [1.807, 2.05) is 0 Å². The van der Waals surface area contributed by atoms with E-state index in [1.165, 1.54) is 0 Å². The molecule has 48 valence electrons. The van der Waals surface area contributed by atoms with Gasteiger partial charge in [-0.25, -0.2) is 0 Å². The van der Waals surface area contributed by atoms with Crippen molar-refractivity contribution in [2.75, 3.05) is 27.7 Å². The predicted octanol–water partition coefficient (Wildman–Crippen LogP) is 0.764. The molecule has 1 N–H and O–H groups in total. The van der Waals surface area contributed by atoms with Crippen LogP contribution in [0, 0.1) is 0 Å². The van der Waals surface area contributed by atoms with Crippen LogP contribution in [0.25, 0.3) is 0 Å². The van der Waals surface area contributed by atoms with E-state index >= 15 is 0 Å². The molecule has 0 heterocycles. The molecule has 0 radical (unpaired) electrons. The molecule has 0 aliphatic carbocycles. The fourth-order valence-electron chi connectivity index (χ4n) is 0.363. The van der Waals surface area contributed by atoms with E-state index in [-0.39, 0.29) is 0 Å². The predicted molar refractivity (Wildman–Crippen MR) is 34.7 cm³/mol. The number of quaternary nitrogens is 1. The van der Waals surface area contributed by atoms with Crippen LogP contribution in [0.15, 0.2) is 12.3 Å². The van der Waals surface area contributed by atoms with Crippen LogP contribution in [0.1, 0.15) is 0 Å². The molecule has 0 unspecified atom stereocenters. The molecule has 0 rings (SSSR count). The minimum absolute atomic E-state index is 0.858. The van der Waals surface area contributed by atoms with Gasteiger partial charge >= 0.3 is 0 Å². The molecule has 0 aliphatic heterocycles. The lowest BCUT2D eigenvalue weighted by Gasteiger charge is -2.21. The number of hydrogen-bond acceptors (Lipinski definition) is 1. The Labute approximate surface area is 50.6 Å². The minimum Gasteiger partial charge on any atom is -0.516 e. The molecule has 0 aromatic carbocycles. The maximum atomic E-state index is 8.24. The Hall–Kier alpha value is -0.500. The highest BCUT2D eigenvalue weighted by Crippen LogP contribution is 1.87. The van der Waals surface area contributed by atoms with Crippen LogP contribution in [0.2, 0.25) is 0 Å². The fourth-order valence-corrected chi connectivity index (χ4v) is 0.363.